The van der Waals surface area contributed by atoms with Gasteiger partial charge in [0, 0.05) is 0 Å². The van der Waals surface area contributed by atoms with E-state index in [0.717, 1.165) is 38.5 Å². The third-order valence-corrected chi connectivity index (χ3v) is 5.36. The molecule has 0 aromatic heterocycles. The van der Waals surface area contributed by atoms with Crippen LogP contribution in [0, 0.1) is 0 Å². The summed E-state index contributed by atoms with van der Waals surface area (Å²) in [7, 11) is 0. The predicted octanol–water partition coefficient (Wildman–Crippen LogP) is 2.28. The van der Waals surface area contributed by atoms with Gasteiger partial charge in [-0.25, -0.2) is 4.79 Å². The van der Waals surface area contributed by atoms with Gasteiger partial charge < -0.3 is 15.2 Å². The van der Waals surface area contributed by atoms with E-state index >= 15 is 0 Å². The van der Waals surface area contributed by atoms with Crippen molar-refractivity contribution >= 4 is 6.09 Å². The maximum atomic E-state index is 11.3. The minimum absolute atomic E-state index is 0.131. The summed E-state index contributed by atoms with van der Waals surface area (Å²) in [5, 5.41) is 12.7. The lowest BCUT2D eigenvalue weighted by molar-refractivity contribution is 0.158. The van der Waals surface area contributed by atoms with Crippen LogP contribution in [0.1, 0.15) is 48.3 Å². The monoisotopic (exact) mass is 287 g/mol. The lowest BCUT2D eigenvalue weighted by atomic mass is 9.85. The van der Waals surface area contributed by atoms with Crippen molar-refractivity contribution in [1.29, 1.82) is 0 Å². The highest BCUT2D eigenvalue weighted by Gasteiger charge is 2.45. The molecule has 2 aliphatic carbocycles. The second-order valence-corrected chi connectivity index (χ2v) is 6.85. The van der Waals surface area contributed by atoms with E-state index in [1.807, 2.05) is 0 Å². The molecule has 1 saturated heterocycles. The molecule has 4 rings (SSSR count). The average molecular weight is 287 g/mol. The summed E-state index contributed by atoms with van der Waals surface area (Å²) in [5.41, 5.74) is 3.93. The molecule has 2 fully saturated rings. The van der Waals surface area contributed by atoms with Gasteiger partial charge in [-0.2, -0.15) is 0 Å². The standard InChI is InChI=1S/C17H21NO3/c19-15-4-3-11-7-12(1-2-13(11)8-15)14-5-6-17(9-14)10-21-16(20)18-17/h1-2,7,14-15,19H,3-6,8-10H2,(H,18,20)/t14-,15+,17+/m0/s1. The van der Waals surface area contributed by atoms with Gasteiger partial charge in [0.15, 0.2) is 0 Å². The van der Waals surface area contributed by atoms with Gasteiger partial charge in [0.05, 0.1) is 11.6 Å². The number of ether oxygens (including phenoxy) is 1. The second-order valence-electron chi connectivity index (χ2n) is 6.85. The van der Waals surface area contributed by atoms with Crippen molar-refractivity contribution in [2.24, 2.45) is 0 Å². The molecule has 1 heterocycles. The number of rotatable bonds is 1. The minimum atomic E-state index is -0.268. The molecular formula is C17H21NO3. The van der Waals surface area contributed by atoms with E-state index in [9.17, 15) is 9.90 Å². The van der Waals surface area contributed by atoms with E-state index < -0.39 is 0 Å². The van der Waals surface area contributed by atoms with Crippen LogP contribution in [0.15, 0.2) is 18.2 Å². The Morgan fingerprint density at radius 3 is 3.00 bits per heavy atom. The van der Waals surface area contributed by atoms with Crippen LogP contribution < -0.4 is 5.32 Å². The summed E-state index contributed by atoms with van der Waals surface area (Å²) in [6, 6.07) is 6.71. The fourth-order valence-electron chi connectivity index (χ4n) is 4.16. The van der Waals surface area contributed by atoms with Gasteiger partial charge in [-0.15, -0.1) is 0 Å². The summed E-state index contributed by atoms with van der Waals surface area (Å²) in [4.78, 5) is 11.3. The van der Waals surface area contributed by atoms with Crippen molar-refractivity contribution in [3.8, 4) is 0 Å². The molecule has 1 aromatic carbocycles. The number of aliphatic hydroxyl groups excluding tert-OH is 1. The lowest BCUT2D eigenvalue weighted by Crippen LogP contribution is -2.40. The third-order valence-electron chi connectivity index (χ3n) is 5.36. The fraction of sp³-hybridized carbons (Fsp3) is 0.588. The van der Waals surface area contributed by atoms with Crippen molar-refractivity contribution in [1.82, 2.24) is 5.32 Å². The van der Waals surface area contributed by atoms with Crippen LogP contribution in [0.25, 0.3) is 0 Å². The number of fused-ring (bicyclic) bond motifs is 1. The van der Waals surface area contributed by atoms with Gasteiger partial charge in [-0.05, 0) is 61.1 Å². The molecule has 1 aromatic rings. The Labute approximate surface area is 124 Å². The quantitative estimate of drug-likeness (QED) is 0.833. The number of cyclic esters (lactones) is 1. The number of aliphatic hydroxyl groups is 1. The summed E-state index contributed by atoms with van der Waals surface area (Å²) in [6.45, 7) is 0.513. The Balaban J connectivity index is 1.54. The first-order valence-electron chi connectivity index (χ1n) is 7.88. The Hall–Kier alpha value is -1.55. The summed E-state index contributed by atoms with van der Waals surface area (Å²) in [5.74, 6) is 0.504. The summed E-state index contributed by atoms with van der Waals surface area (Å²) >= 11 is 0. The van der Waals surface area contributed by atoms with Gasteiger partial charge >= 0.3 is 6.09 Å². The molecule has 2 N–H and O–H groups in total. The molecule has 3 aliphatic rings. The molecule has 1 spiro atoms. The highest BCUT2D eigenvalue weighted by molar-refractivity contribution is 5.70. The topological polar surface area (TPSA) is 58.6 Å². The van der Waals surface area contributed by atoms with Crippen LogP contribution in [-0.2, 0) is 17.6 Å². The molecule has 0 radical (unpaired) electrons. The number of alkyl carbamates (subject to hydrolysis) is 1. The van der Waals surface area contributed by atoms with Gasteiger partial charge in [0.25, 0.3) is 0 Å². The van der Waals surface area contributed by atoms with Crippen molar-refractivity contribution in [2.45, 2.75) is 56.1 Å². The summed E-state index contributed by atoms with van der Waals surface area (Å²) < 4.78 is 5.10. The highest BCUT2D eigenvalue weighted by atomic mass is 16.6. The number of carbonyl (C=O) groups excluding carboxylic acids is 1. The van der Waals surface area contributed by atoms with Crippen LogP contribution in [0.4, 0.5) is 4.79 Å². The van der Waals surface area contributed by atoms with Crippen LogP contribution in [0.2, 0.25) is 0 Å². The third kappa shape index (κ3) is 2.31. The van der Waals surface area contributed by atoms with Crippen molar-refractivity contribution < 1.29 is 14.6 Å². The zero-order valence-corrected chi connectivity index (χ0v) is 12.1. The molecule has 1 aliphatic heterocycles. The number of amides is 1. The van der Waals surface area contributed by atoms with Crippen LogP contribution >= 0.6 is 0 Å². The maximum absolute atomic E-state index is 11.3. The fourth-order valence-corrected chi connectivity index (χ4v) is 4.16. The molecule has 3 atom stereocenters. The molecule has 4 nitrogen and oxygen atoms in total. The van der Waals surface area contributed by atoms with Crippen LogP contribution in [0.3, 0.4) is 0 Å². The highest BCUT2D eigenvalue weighted by Crippen LogP contribution is 2.43. The minimum Gasteiger partial charge on any atom is -0.447 e. The Kier molecular flexibility index (Phi) is 2.96. The van der Waals surface area contributed by atoms with E-state index in [1.54, 1.807) is 0 Å². The molecule has 112 valence electrons. The van der Waals surface area contributed by atoms with Gasteiger partial charge in [-0.1, -0.05) is 18.2 Å². The van der Waals surface area contributed by atoms with Crippen molar-refractivity contribution in [3.05, 3.63) is 34.9 Å². The number of hydrogen-bond donors (Lipinski definition) is 2. The zero-order valence-electron chi connectivity index (χ0n) is 12.1. The molecule has 0 unspecified atom stereocenters. The number of nitrogens with one attached hydrogen (secondary N) is 1. The van der Waals surface area contributed by atoms with E-state index in [2.05, 4.69) is 23.5 Å². The molecule has 21 heavy (non-hydrogen) atoms. The SMILES string of the molecule is O=C1N[C@@]2(CC[C@H](c3ccc4c(c3)CC[C@@H](O)C4)C2)CO1. The first kappa shape index (κ1) is 13.1. The predicted molar refractivity (Wildman–Crippen MR) is 78.3 cm³/mol. The second kappa shape index (κ2) is 4.73. The van der Waals surface area contributed by atoms with Crippen LogP contribution in [0.5, 0.6) is 0 Å². The molecule has 0 bridgehead atoms. The van der Waals surface area contributed by atoms with Gasteiger partial charge in [-0.3, -0.25) is 0 Å². The number of carbonyl (C=O) groups is 1. The van der Waals surface area contributed by atoms with E-state index in [1.165, 1.54) is 16.7 Å². The lowest BCUT2D eigenvalue weighted by Gasteiger charge is -2.23. The first-order valence-corrected chi connectivity index (χ1v) is 7.88. The normalized spacial score (nSPS) is 34.6. The van der Waals surface area contributed by atoms with E-state index in [-0.39, 0.29) is 17.7 Å². The molecule has 1 amide bonds. The molecular weight excluding hydrogens is 266 g/mol. The number of hydrogen-bond acceptors (Lipinski definition) is 3. The van der Waals surface area contributed by atoms with E-state index in [0.29, 0.717) is 12.5 Å². The van der Waals surface area contributed by atoms with Gasteiger partial charge in [0.2, 0.25) is 0 Å². The largest absolute Gasteiger partial charge is 0.447 e. The smallest absolute Gasteiger partial charge is 0.407 e. The number of benzene rings is 1. The number of aryl methyl sites for hydroxylation is 1. The first-order chi connectivity index (χ1) is 10.1. The van der Waals surface area contributed by atoms with E-state index in [4.69, 9.17) is 4.74 Å². The Morgan fingerprint density at radius 1 is 1.29 bits per heavy atom. The molecule has 1 saturated carbocycles. The van der Waals surface area contributed by atoms with Crippen molar-refractivity contribution in [3.63, 3.8) is 0 Å². The summed E-state index contributed by atoms with van der Waals surface area (Å²) in [6.07, 6.45) is 5.26. The zero-order chi connectivity index (χ0) is 14.4. The average Bonchev–Trinajstić information content (AvgIpc) is 3.05. The Bertz CT molecular complexity index is 585. The van der Waals surface area contributed by atoms with Crippen LogP contribution in [-0.4, -0.2) is 29.4 Å². The van der Waals surface area contributed by atoms with Crippen molar-refractivity contribution in [2.75, 3.05) is 6.61 Å². The van der Waals surface area contributed by atoms with Gasteiger partial charge in [0.1, 0.15) is 6.61 Å². The Morgan fingerprint density at radius 2 is 2.19 bits per heavy atom. The molecule has 4 heteroatoms. The maximum Gasteiger partial charge on any atom is 0.407 e.